The largest absolute Gasteiger partial charge is 0.497 e. The van der Waals surface area contributed by atoms with Gasteiger partial charge < -0.3 is 10.1 Å². The Bertz CT molecular complexity index is 890. The predicted octanol–water partition coefficient (Wildman–Crippen LogP) is 4.98. The van der Waals surface area contributed by atoms with E-state index in [1.807, 2.05) is 47.8 Å². The van der Waals surface area contributed by atoms with Crippen molar-refractivity contribution in [2.75, 3.05) is 18.2 Å². The number of thioether (sulfide) groups is 1. The van der Waals surface area contributed by atoms with Crippen LogP contribution in [0.25, 0.3) is 0 Å². The summed E-state index contributed by atoms with van der Waals surface area (Å²) in [5.74, 6) is 0.943. The summed E-state index contributed by atoms with van der Waals surface area (Å²) in [7, 11) is 1.58. The molecule has 1 N–H and O–H groups in total. The number of carbonyl (C=O) groups excluding carboxylic acids is 2. The number of Topliss-reactive ketones (excluding diaryl/α,β-unsaturated/α-hetero) is 1. The molecule has 1 aromatic heterocycles. The van der Waals surface area contributed by atoms with Crippen molar-refractivity contribution in [3.8, 4) is 5.75 Å². The van der Waals surface area contributed by atoms with Gasteiger partial charge in [0.15, 0.2) is 5.78 Å². The highest BCUT2D eigenvalue weighted by molar-refractivity contribution is 8.00. The van der Waals surface area contributed by atoms with Gasteiger partial charge in [0.2, 0.25) is 0 Å². The lowest BCUT2D eigenvalue weighted by Crippen LogP contribution is -2.09. The van der Waals surface area contributed by atoms with Crippen LogP contribution < -0.4 is 10.1 Å². The van der Waals surface area contributed by atoms with Gasteiger partial charge in [-0.25, -0.2) is 0 Å². The molecule has 0 fully saturated rings. The quantitative estimate of drug-likeness (QED) is 0.462. The highest BCUT2D eigenvalue weighted by Crippen LogP contribution is 2.23. The fraction of sp³-hybridized carbons (Fsp3) is 0.100. The molecule has 0 saturated carbocycles. The summed E-state index contributed by atoms with van der Waals surface area (Å²) >= 11 is 2.86. The highest BCUT2D eigenvalue weighted by Gasteiger charge is 2.09. The van der Waals surface area contributed by atoms with Crippen molar-refractivity contribution in [1.29, 1.82) is 0 Å². The van der Waals surface area contributed by atoms with Gasteiger partial charge in [0.25, 0.3) is 5.91 Å². The Hall–Kier alpha value is -2.57. The SMILES string of the molecule is COc1cccc(C(=O)CSc2ccc(NC(=O)c3cccs3)cc2)c1. The van der Waals surface area contributed by atoms with Crippen molar-refractivity contribution in [2.45, 2.75) is 4.90 Å². The summed E-state index contributed by atoms with van der Waals surface area (Å²) in [6, 6.07) is 18.2. The van der Waals surface area contributed by atoms with Crippen molar-refractivity contribution in [1.82, 2.24) is 0 Å². The molecule has 0 aliphatic heterocycles. The first-order chi connectivity index (χ1) is 12.7. The normalized spacial score (nSPS) is 10.3. The van der Waals surface area contributed by atoms with Gasteiger partial charge in [-0.3, -0.25) is 9.59 Å². The Morgan fingerprint density at radius 1 is 1.08 bits per heavy atom. The van der Waals surface area contributed by atoms with Crippen LogP contribution in [-0.4, -0.2) is 24.6 Å². The van der Waals surface area contributed by atoms with E-state index in [0.29, 0.717) is 21.9 Å². The highest BCUT2D eigenvalue weighted by atomic mass is 32.2. The van der Waals surface area contributed by atoms with Gasteiger partial charge in [0, 0.05) is 16.1 Å². The maximum absolute atomic E-state index is 12.3. The second kappa shape index (κ2) is 8.69. The van der Waals surface area contributed by atoms with E-state index in [9.17, 15) is 9.59 Å². The minimum absolute atomic E-state index is 0.0453. The number of ether oxygens (including phenoxy) is 1. The number of carbonyl (C=O) groups is 2. The van der Waals surface area contributed by atoms with E-state index in [0.717, 1.165) is 10.6 Å². The summed E-state index contributed by atoms with van der Waals surface area (Å²) in [5, 5.41) is 4.73. The number of anilines is 1. The van der Waals surface area contributed by atoms with Crippen LogP contribution >= 0.6 is 23.1 Å². The Labute approximate surface area is 160 Å². The third kappa shape index (κ3) is 4.74. The van der Waals surface area contributed by atoms with E-state index in [4.69, 9.17) is 4.74 Å². The molecule has 0 saturated heterocycles. The van der Waals surface area contributed by atoms with Crippen LogP contribution in [0.15, 0.2) is 70.9 Å². The van der Waals surface area contributed by atoms with E-state index in [-0.39, 0.29) is 11.7 Å². The zero-order valence-electron chi connectivity index (χ0n) is 14.1. The zero-order chi connectivity index (χ0) is 18.4. The van der Waals surface area contributed by atoms with Gasteiger partial charge in [-0.15, -0.1) is 23.1 Å². The number of benzene rings is 2. The number of thiophene rings is 1. The number of methoxy groups -OCH3 is 1. The fourth-order valence-corrected chi connectivity index (χ4v) is 3.68. The number of hydrogen-bond acceptors (Lipinski definition) is 5. The van der Waals surface area contributed by atoms with Crippen molar-refractivity contribution < 1.29 is 14.3 Å². The molecule has 132 valence electrons. The van der Waals surface area contributed by atoms with Crippen molar-refractivity contribution in [3.05, 3.63) is 76.5 Å². The maximum Gasteiger partial charge on any atom is 0.265 e. The summed E-state index contributed by atoms with van der Waals surface area (Å²) in [6.45, 7) is 0. The first kappa shape index (κ1) is 18.2. The van der Waals surface area contributed by atoms with E-state index >= 15 is 0 Å². The molecule has 0 aliphatic rings. The van der Waals surface area contributed by atoms with E-state index in [2.05, 4.69) is 5.32 Å². The smallest absolute Gasteiger partial charge is 0.265 e. The number of amides is 1. The summed E-state index contributed by atoms with van der Waals surface area (Å²) < 4.78 is 5.15. The molecule has 3 aromatic rings. The molecule has 0 spiro atoms. The molecule has 1 amide bonds. The Morgan fingerprint density at radius 3 is 2.58 bits per heavy atom. The van der Waals surface area contributed by atoms with Crippen molar-refractivity contribution in [3.63, 3.8) is 0 Å². The summed E-state index contributed by atoms with van der Waals surface area (Å²) in [5.41, 5.74) is 1.36. The van der Waals surface area contributed by atoms with Crippen LogP contribution in [-0.2, 0) is 0 Å². The van der Waals surface area contributed by atoms with Crippen LogP contribution in [0.4, 0.5) is 5.69 Å². The Morgan fingerprint density at radius 2 is 1.88 bits per heavy atom. The van der Waals surface area contributed by atoms with E-state index < -0.39 is 0 Å². The number of nitrogens with one attached hydrogen (secondary N) is 1. The maximum atomic E-state index is 12.3. The Kier molecular flexibility index (Phi) is 6.09. The molecule has 0 radical (unpaired) electrons. The first-order valence-electron chi connectivity index (χ1n) is 7.90. The summed E-state index contributed by atoms with van der Waals surface area (Å²) in [6.07, 6.45) is 0. The second-order valence-electron chi connectivity index (χ2n) is 5.40. The van der Waals surface area contributed by atoms with Gasteiger partial charge in [-0.1, -0.05) is 18.2 Å². The van der Waals surface area contributed by atoms with E-state index in [1.165, 1.54) is 23.1 Å². The zero-order valence-corrected chi connectivity index (χ0v) is 15.7. The molecule has 6 heteroatoms. The second-order valence-corrected chi connectivity index (χ2v) is 7.40. The number of hydrogen-bond donors (Lipinski definition) is 1. The molecular formula is C20H17NO3S2. The van der Waals surface area contributed by atoms with Crippen LogP contribution in [0.1, 0.15) is 20.0 Å². The van der Waals surface area contributed by atoms with Gasteiger partial charge >= 0.3 is 0 Å². The molecule has 2 aromatic carbocycles. The number of ketones is 1. The fourth-order valence-electron chi connectivity index (χ4n) is 2.26. The van der Waals surface area contributed by atoms with Gasteiger partial charge in [-0.2, -0.15) is 0 Å². The van der Waals surface area contributed by atoms with Gasteiger partial charge in [0.1, 0.15) is 5.75 Å². The average Bonchev–Trinajstić information content (AvgIpc) is 3.22. The predicted molar refractivity (Wildman–Crippen MR) is 107 cm³/mol. The van der Waals surface area contributed by atoms with Crippen LogP contribution in [0.5, 0.6) is 5.75 Å². The molecule has 3 rings (SSSR count). The third-order valence-corrected chi connectivity index (χ3v) is 5.50. The molecule has 0 unspecified atom stereocenters. The number of rotatable bonds is 7. The summed E-state index contributed by atoms with van der Waals surface area (Å²) in [4.78, 5) is 26.0. The monoisotopic (exact) mass is 383 g/mol. The van der Waals surface area contributed by atoms with Crippen molar-refractivity contribution >= 4 is 40.5 Å². The van der Waals surface area contributed by atoms with Crippen LogP contribution in [0.2, 0.25) is 0 Å². The molecule has 26 heavy (non-hydrogen) atoms. The van der Waals surface area contributed by atoms with E-state index in [1.54, 1.807) is 25.3 Å². The van der Waals surface area contributed by atoms with Gasteiger partial charge in [-0.05, 0) is 47.8 Å². The van der Waals surface area contributed by atoms with Crippen LogP contribution in [0, 0.1) is 0 Å². The van der Waals surface area contributed by atoms with Crippen LogP contribution in [0.3, 0.4) is 0 Å². The first-order valence-corrected chi connectivity index (χ1v) is 9.77. The molecule has 0 aliphatic carbocycles. The average molecular weight is 383 g/mol. The lowest BCUT2D eigenvalue weighted by molar-refractivity contribution is 0.101. The minimum atomic E-state index is -0.117. The molecule has 4 nitrogen and oxygen atoms in total. The molecule has 0 atom stereocenters. The molecular weight excluding hydrogens is 366 g/mol. The standard InChI is InChI=1S/C20H17NO3S2/c1-24-16-5-2-4-14(12-16)18(22)13-26-17-9-7-15(8-10-17)21-20(23)19-6-3-11-25-19/h2-12H,13H2,1H3,(H,21,23). The lowest BCUT2D eigenvalue weighted by atomic mass is 10.1. The minimum Gasteiger partial charge on any atom is -0.497 e. The topological polar surface area (TPSA) is 55.4 Å². The van der Waals surface area contributed by atoms with Crippen molar-refractivity contribution in [2.24, 2.45) is 0 Å². The third-order valence-electron chi connectivity index (χ3n) is 3.62. The lowest BCUT2D eigenvalue weighted by Gasteiger charge is -2.06. The Balaban J connectivity index is 1.55. The molecule has 0 bridgehead atoms. The molecule has 1 heterocycles. The van der Waals surface area contributed by atoms with Gasteiger partial charge in [0.05, 0.1) is 17.7 Å².